The lowest BCUT2D eigenvalue weighted by Gasteiger charge is -2.33. The fourth-order valence-corrected chi connectivity index (χ4v) is 4.83. The van der Waals surface area contributed by atoms with Gasteiger partial charge in [0.25, 0.3) is 0 Å². The summed E-state index contributed by atoms with van der Waals surface area (Å²) in [6, 6.07) is 5.66. The molecule has 2 aliphatic heterocycles. The van der Waals surface area contributed by atoms with E-state index in [4.69, 9.17) is 4.74 Å². The Morgan fingerprint density at radius 2 is 1.78 bits per heavy atom. The van der Waals surface area contributed by atoms with Gasteiger partial charge in [0.1, 0.15) is 11.6 Å². The van der Waals surface area contributed by atoms with E-state index >= 15 is 0 Å². The normalized spacial score (nSPS) is 20.8. The van der Waals surface area contributed by atoms with Crippen LogP contribution < -0.4 is 11.0 Å². The number of nitrogens with zero attached hydrogens (tertiary/aromatic N) is 3. The third kappa shape index (κ3) is 4.40. The Morgan fingerprint density at radius 3 is 2.47 bits per heavy atom. The van der Waals surface area contributed by atoms with Crippen LogP contribution in [0.25, 0.3) is 11.0 Å². The number of aryl methyl sites for hydroxylation is 1. The van der Waals surface area contributed by atoms with Crippen LogP contribution in [0.1, 0.15) is 70.4 Å². The monoisotopic (exact) mass is 442 g/mol. The van der Waals surface area contributed by atoms with Gasteiger partial charge in [0.2, 0.25) is 5.91 Å². The molecule has 1 aromatic heterocycles. The summed E-state index contributed by atoms with van der Waals surface area (Å²) in [6.45, 7) is 7.60. The van der Waals surface area contributed by atoms with Gasteiger partial charge in [-0.25, -0.2) is 9.59 Å². The van der Waals surface area contributed by atoms with E-state index in [0.29, 0.717) is 32.0 Å². The van der Waals surface area contributed by atoms with Gasteiger partial charge in [0, 0.05) is 26.7 Å². The van der Waals surface area contributed by atoms with Crippen LogP contribution >= 0.6 is 0 Å². The minimum absolute atomic E-state index is 0.0734. The van der Waals surface area contributed by atoms with E-state index in [0.717, 1.165) is 36.7 Å². The third-order valence-corrected chi connectivity index (χ3v) is 6.55. The molecule has 174 valence electrons. The number of hydrogen-bond donors (Lipinski definition) is 1. The summed E-state index contributed by atoms with van der Waals surface area (Å²) in [7, 11) is 1.77. The molecular weight excluding hydrogens is 408 g/mol. The maximum atomic E-state index is 13.1. The van der Waals surface area contributed by atoms with E-state index in [9.17, 15) is 14.4 Å². The summed E-state index contributed by atoms with van der Waals surface area (Å²) in [5.74, 6) is 0.244. The number of rotatable bonds is 2. The first-order valence-corrected chi connectivity index (χ1v) is 11.6. The van der Waals surface area contributed by atoms with Crippen molar-refractivity contribution in [3.05, 3.63) is 34.2 Å². The van der Waals surface area contributed by atoms with Gasteiger partial charge >= 0.3 is 11.8 Å². The van der Waals surface area contributed by atoms with E-state index in [-0.39, 0.29) is 17.7 Å². The van der Waals surface area contributed by atoms with Gasteiger partial charge in [-0.15, -0.1) is 0 Å². The summed E-state index contributed by atoms with van der Waals surface area (Å²) >= 11 is 0. The van der Waals surface area contributed by atoms with Gasteiger partial charge in [-0.2, -0.15) is 0 Å². The number of carbonyl (C=O) groups excluding carboxylic acids is 2. The lowest BCUT2D eigenvalue weighted by atomic mass is 9.89. The highest BCUT2D eigenvalue weighted by atomic mass is 16.6. The van der Waals surface area contributed by atoms with Crippen LogP contribution in [-0.4, -0.2) is 51.3 Å². The smallest absolute Gasteiger partial charge is 0.410 e. The predicted octanol–water partition coefficient (Wildman–Crippen LogP) is 3.30. The summed E-state index contributed by atoms with van der Waals surface area (Å²) in [5, 5.41) is 2.93. The molecule has 4 rings (SSSR count). The van der Waals surface area contributed by atoms with E-state index in [1.807, 2.05) is 26.8 Å². The second-order valence-electron chi connectivity index (χ2n) is 10.0. The predicted molar refractivity (Wildman–Crippen MR) is 123 cm³/mol. The van der Waals surface area contributed by atoms with Crippen molar-refractivity contribution >= 4 is 23.0 Å². The third-order valence-electron chi connectivity index (χ3n) is 6.55. The van der Waals surface area contributed by atoms with Crippen LogP contribution in [0.15, 0.2) is 23.0 Å². The first-order valence-electron chi connectivity index (χ1n) is 11.6. The summed E-state index contributed by atoms with van der Waals surface area (Å²) in [5.41, 5.74) is 2.16. The molecule has 8 heteroatoms. The standard InChI is InChI=1S/C24H34N4O4/c1-24(2,3)32-23(31)27-13-10-16(11-14-27)17-8-9-18-20(15-17)26(4)22(30)28(18)19-7-5-6-12-25-21(19)29/h8-9,15-16,19H,5-7,10-14H2,1-4H3,(H,25,29). The highest BCUT2D eigenvalue weighted by Crippen LogP contribution is 2.31. The lowest BCUT2D eigenvalue weighted by Crippen LogP contribution is -2.41. The first-order chi connectivity index (χ1) is 15.2. The van der Waals surface area contributed by atoms with Crippen LogP contribution in [0.5, 0.6) is 0 Å². The summed E-state index contributed by atoms with van der Waals surface area (Å²) in [6.07, 6.45) is 3.98. The summed E-state index contributed by atoms with van der Waals surface area (Å²) in [4.78, 5) is 39.8. The van der Waals surface area contributed by atoms with Crippen molar-refractivity contribution in [1.29, 1.82) is 0 Å². The number of hydrogen-bond acceptors (Lipinski definition) is 4. The maximum absolute atomic E-state index is 13.1. The van der Waals surface area contributed by atoms with Gasteiger partial charge < -0.3 is 15.0 Å². The number of amides is 2. The maximum Gasteiger partial charge on any atom is 0.410 e. The molecule has 0 radical (unpaired) electrons. The molecule has 3 heterocycles. The fourth-order valence-electron chi connectivity index (χ4n) is 4.83. The molecule has 1 N–H and O–H groups in total. The number of fused-ring (bicyclic) bond motifs is 1. The van der Waals surface area contributed by atoms with Crippen LogP contribution in [-0.2, 0) is 16.6 Å². The number of piperidine rings is 1. The number of ether oxygens (including phenoxy) is 1. The average Bonchev–Trinajstić information content (AvgIpc) is 2.87. The zero-order chi connectivity index (χ0) is 23.0. The number of nitrogens with one attached hydrogen (secondary N) is 1. The molecule has 2 amide bonds. The Balaban J connectivity index is 1.55. The van der Waals surface area contributed by atoms with Crippen molar-refractivity contribution in [1.82, 2.24) is 19.4 Å². The highest BCUT2D eigenvalue weighted by molar-refractivity contribution is 5.84. The molecule has 0 bridgehead atoms. The minimum atomic E-state index is -0.495. The second kappa shape index (κ2) is 8.64. The highest BCUT2D eigenvalue weighted by Gasteiger charge is 2.29. The molecule has 8 nitrogen and oxygen atoms in total. The van der Waals surface area contributed by atoms with Crippen LogP contribution in [0.4, 0.5) is 4.79 Å². The van der Waals surface area contributed by atoms with Crippen LogP contribution in [0.2, 0.25) is 0 Å². The molecule has 1 unspecified atom stereocenters. The van der Waals surface area contributed by atoms with E-state index in [1.54, 1.807) is 21.1 Å². The van der Waals surface area contributed by atoms with Crippen molar-refractivity contribution in [2.24, 2.45) is 7.05 Å². The van der Waals surface area contributed by atoms with Crippen LogP contribution in [0, 0.1) is 0 Å². The zero-order valence-corrected chi connectivity index (χ0v) is 19.5. The number of aromatic nitrogens is 2. The van der Waals surface area contributed by atoms with Crippen molar-refractivity contribution < 1.29 is 14.3 Å². The van der Waals surface area contributed by atoms with Gasteiger partial charge in [-0.05, 0) is 76.5 Å². The molecule has 0 aliphatic carbocycles. The van der Waals surface area contributed by atoms with Crippen molar-refractivity contribution in [3.63, 3.8) is 0 Å². The molecule has 0 saturated carbocycles. The Morgan fingerprint density at radius 1 is 1.06 bits per heavy atom. The fraction of sp³-hybridized carbons (Fsp3) is 0.625. The molecule has 32 heavy (non-hydrogen) atoms. The zero-order valence-electron chi connectivity index (χ0n) is 19.5. The van der Waals surface area contributed by atoms with E-state index in [2.05, 4.69) is 17.4 Å². The summed E-state index contributed by atoms with van der Waals surface area (Å²) < 4.78 is 8.80. The number of likely N-dealkylation sites (tertiary alicyclic amines) is 1. The van der Waals surface area contributed by atoms with Gasteiger partial charge in [0.05, 0.1) is 11.0 Å². The Kier molecular flexibility index (Phi) is 6.05. The topological polar surface area (TPSA) is 85.6 Å². The largest absolute Gasteiger partial charge is 0.444 e. The number of imidazole rings is 1. The Bertz CT molecular complexity index is 1070. The quantitative estimate of drug-likeness (QED) is 0.773. The Hall–Kier alpha value is -2.77. The molecule has 2 saturated heterocycles. The minimum Gasteiger partial charge on any atom is -0.444 e. The van der Waals surface area contributed by atoms with Gasteiger partial charge in [-0.3, -0.25) is 13.9 Å². The number of carbonyl (C=O) groups is 2. The molecule has 2 aliphatic rings. The molecule has 2 fully saturated rings. The molecule has 1 atom stereocenters. The van der Waals surface area contributed by atoms with Gasteiger partial charge in [0.15, 0.2) is 0 Å². The molecule has 0 spiro atoms. The van der Waals surface area contributed by atoms with E-state index in [1.165, 1.54) is 5.56 Å². The second-order valence-corrected chi connectivity index (χ2v) is 10.0. The van der Waals surface area contributed by atoms with Crippen LogP contribution in [0.3, 0.4) is 0 Å². The molecular formula is C24H34N4O4. The number of benzene rings is 1. The molecule has 1 aromatic carbocycles. The van der Waals surface area contributed by atoms with Gasteiger partial charge in [-0.1, -0.05) is 6.07 Å². The molecule has 2 aromatic rings. The van der Waals surface area contributed by atoms with Crippen molar-refractivity contribution in [2.45, 2.75) is 70.4 Å². The van der Waals surface area contributed by atoms with Crippen molar-refractivity contribution in [3.8, 4) is 0 Å². The average molecular weight is 443 g/mol. The first kappa shape index (κ1) is 22.4. The Labute approximate surface area is 188 Å². The lowest BCUT2D eigenvalue weighted by molar-refractivity contribution is -0.124. The van der Waals surface area contributed by atoms with Crippen molar-refractivity contribution in [2.75, 3.05) is 19.6 Å². The van der Waals surface area contributed by atoms with E-state index < -0.39 is 11.6 Å². The SMILES string of the molecule is Cn1c(=O)n(C2CCCCNC2=O)c2ccc(C3CCN(C(=O)OC(C)(C)C)CC3)cc21.